The van der Waals surface area contributed by atoms with Crippen LogP contribution in [0.1, 0.15) is 45.4 Å². The largest absolute Gasteiger partial charge is 0.276 e. The van der Waals surface area contributed by atoms with Crippen LogP contribution in [0.2, 0.25) is 4.34 Å². The van der Waals surface area contributed by atoms with Crippen molar-refractivity contribution in [1.29, 1.82) is 0 Å². The molecule has 0 saturated carbocycles. The molecule has 0 saturated heterocycles. The Kier molecular flexibility index (Phi) is 6.70. The van der Waals surface area contributed by atoms with Crippen molar-refractivity contribution in [3.8, 4) is 0 Å². The Balaban J connectivity index is 2.27. The normalized spacial score (nSPS) is 10.9. The van der Waals surface area contributed by atoms with Gasteiger partial charge in [0, 0.05) is 6.54 Å². The molecule has 0 aliphatic carbocycles. The van der Waals surface area contributed by atoms with E-state index < -0.39 is 0 Å². The molecule has 1 rings (SSSR count). The second kappa shape index (κ2) is 7.51. The van der Waals surface area contributed by atoms with Crippen molar-refractivity contribution in [3.05, 3.63) is 19.2 Å². The summed E-state index contributed by atoms with van der Waals surface area (Å²) in [7, 11) is 0. The molecule has 92 valence electrons. The van der Waals surface area contributed by atoms with Crippen molar-refractivity contribution in [3.63, 3.8) is 0 Å². The van der Waals surface area contributed by atoms with Crippen molar-refractivity contribution < 1.29 is 0 Å². The Hall–Kier alpha value is 0.200. The van der Waals surface area contributed by atoms with Crippen molar-refractivity contribution >= 4 is 39.1 Å². The van der Waals surface area contributed by atoms with Crippen LogP contribution in [-0.2, 0) is 6.54 Å². The zero-order valence-electron chi connectivity index (χ0n) is 9.47. The Morgan fingerprint density at radius 2 is 1.88 bits per heavy atom. The molecule has 1 aromatic rings. The van der Waals surface area contributed by atoms with Gasteiger partial charge in [0.1, 0.15) is 8.81 Å². The predicted molar refractivity (Wildman–Crippen MR) is 74.7 cm³/mol. The molecule has 0 amide bonds. The molecule has 0 aliphatic rings. The van der Waals surface area contributed by atoms with Crippen LogP contribution in [0, 0.1) is 0 Å². The zero-order chi connectivity index (χ0) is 12.0. The Bertz CT molecular complexity index is 375. The fraction of sp³-hybridized carbons (Fsp3) is 0.727. The number of hydrogen-bond donors (Lipinski definition) is 0. The SMILES string of the molecule is CCCCCCCCn1sc(Cl)c(Br)c1=O. The van der Waals surface area contributed by atoms with Crippen LogP contribution in [0.25, 0.3) is 0 Å². The number of rotatable bonds is 7. The average Bonchev–Trinajstić information content (AvgIpc) is 2.51. The number of hydrogen-bond acceptors (Lipinski definition) is 2. The molecular formula is C11H17BrClNOS. The molecular weight excluding hydrogens is 310 g/mol. The summed E-state index contributed by atoms with van der Waals surface area (Å²) >= 11 is 10.4. The van der Waals surface area contributed by atoms with E-state index in [-0.39, 0.29) is 5.56 Å². The molecule has 0 spiro atoms. The Morgan fingerprint density at radius 1 is 1.25 bits per heavy atom. The summed E-state index contributed by atoms with van der Waals surface area (Å²) in [5, 5.41) is 0. The van der Waals surface area contributed by atoms with Crippen LogP contribution < -0.4 is 5.56 Å². The molecule has 0 aromatic carbocycles. The third-order valence-corrected chi connectivity index (χ3v) is 5.05. The van der Waals surface area contributed by atoms with E-state index in [0.29, 0.717) is 8.81 Å². The Labute approximate surface area is 114 Å². The maximum atomic E-state index is 11.6. The van der Waals surface area contributed by atoms with Gasteiger partial charge in [-0.05, 0) is 33.9 Å². The first-order valence-corrected chi connectivity index (χ1v) is 7.66. The van der Waals surface area contributed by atoms with Crippen LogP contribution in [0.3, 0.4) is 0 Å². The van der Waals surface area contributed by atoms with Gasteiger partial charge in [-0.1, -0.05) is 50.6 Å². The highest BCUT2D eigenvalue weighted by Gasteiger charge is 2.09. The van der Waals surface area contributed by atoms with Gasteiger partial charge in [-0.2, -0.15) is 0 Å². The minimum Gasteiger partial charge on any atom is -0.267 e. The van der Waals surface area contributed by atoms with E-state index in [2.05, 4.69) is 22.9 Å². The lowest BCUT2D eigenvalue weighted by Gasteiger charge is -2.00. The summed E-state index contributed by atoms with van der Waals surface area (Å²) in [6.07, 6.45) is 7.42. The molecule has 0 unspecified atom stereocenters. The smallest absolute Gasteiger partial charge is 0.267 e. The number of aryl methyl sites for hydroxylation is 1. The fourth-order valence-corrected chi connectivity index (χ4v) is 3.19. The number of aromatic nitrogens is 1. The van der Waals surface area contributed by atoms with E-state index in [0.717, 1.165) is 13.0 Å². The third kappa shape index (κ3) is 4.22. The molecule has 1 aromatic heterocycles. The molecule has 16 heavy (non-hydrogen) atoms. The van der Waals surface area contributed by atoms with E-state index in [1.807, 2.05) is 0 Å². The molecule has 0 atom stereocenters. The highest BCUT2D eigenvalue weighted by molar-refractivity contribution is 9.10. The Morgan fingerprint density at radius 3 is 2.44 bits per heavy atom. The summed E-state index contributed by atoms with van der Waals surface area (Å²) < 4.78 is 2.79. The minimum atomic E-state index is 0.00329. The minimum absolute atomic E-state index is 0.00329. The molecule has 0 fully saturated rings. The van der Waals surface area contributed by atoms with Crippen LogP contribution in [-0.4, -0.2) is 3.96 Å². The van der Waals surface area contributed by atoms with Crippen molar-refractivity contribution in [2.75, 3.05) is 0 Å². The van der Waals surface area contributed by atoms with E-state index in [1.54, 1.807) is 3.96 Å². The van der Waals surface area contributed by atoms with Crippen LogP contribution in [0.4, 0.5) is 0 Å². The highest BCUT2D eigenvalue weighted by Crippen LogP contribution is 2.24. The van der Waals surface area contributed by atoms with E-state index in [1.165, 1.54) is 43.6 Å². The summed E-state index contributed by atoms with van der Waals surface area (Å²) in [5.41, 5.74) is 0.00329. The van der Waals surface area contributed by atoms with Gasteiger partial charge >= 0.3 is 0 Å². The van der Waals surface area contributed by atoms with Gasteiger partial charge in [0.2, 0.25) is 0 Å². The van der Waals surface area contributed by atoms with Crippen LogP contribution >= 0.6 is 39.1 Å². The van der Waals surface area contributed by atoms with Gasteiger partial charge in [0.15, 0.2) is 0 Å². The van der Waals surface area contributed by atoms with E-state index in [9.17, 15) is 4.79 Å². The van der Waals surface area contributed by atoms with Gasteiger partial charge in [-0.15, -0.1) is 0 Å². The molecule has 0 N–H and O–H groups in total. The lowest BCUT2D eigenvalue weighted by molar-refractivity contribution is 0.568. The predicted octanol–water partition coefficient (Wildman–Crippen LogP) is 4.69. The molecule has 0 aliphatic heterocycles. The maximum Gasteiger partial charge on any atom is 0.276 e. The number of nitrogens with zero attached hydrogens (tertiary/aromatic N) is 1. The molecule has 0 bridgehead atoms. The first-order chi connectivity index (χ1) is 7.66. The maximum absolute atomic E-state index is 11.6. The van der Waals surface area contributed by atoms with Crippen molar-refractivity contribution in [1.82, 2.24) is 3.96 Å². The molecule has 5 heteroatoms. The lowest BCUT2D eigenvalue weighted by atomic mass is 10.1. The zero-order valence-corrected chi connectivity index (χ0v) is 12.6. The fourth-order valence-electron chi connectivity index (χ4n) is 1.55. The standard InChI is InChI=1S/C11H17BrClNOS/c1-2-3-4-5-6-7-8-14-11(15)9(12)10(13)16-14/h2-8H2,1H3. The van der Waals surface area contributed by atoms with Gasteiger partial charge in [-0.25, -0.2) is 0 Å². The first-order valence-electron chi connectivity index (χ1n) is 5.72. The molecule has 1 heterocycles. The summed E-state index contributed by atoms with van der Waals surface area (Å²) in [6.45, 7) is 3.01. The van der Waals surface area contributed by atoms with Crippen molar-refractivity contribution in [2.45, 2.75) is 52.0 Å². The second-order valence-corrected chi connectivity index (χ2v) is 6.28. The summed E-state index contributed by atoms with van der Waals surface area (Å²) in [5.74, 6) is 0. The van der Waals surface area contributed by atoms with E-state index in [4.69, 9.17) is 11.6 Å². The lowest BCUT2D eigenvalue weighted by Crippen LogP contribution is -2.13. The molecule has 2 nitrogen and oxygen atoms in total. The number of halogens is 2. The summed E-state index contributed by atoms with van der Waals surface area (Å²) in [4.78, 5) is 11.6. The summed E-state index contributed by atoms with van der Waals surface area (Å²) in [6, 6.07) is 0. The third-order valence-electron chi connectivity index (χ3n) is 2.49. The van der Waals surface area contributed by atoms with E-state index >= 15 is 0 Å². The van der Waals surface area contributed by atoms with Gasteiger partial charge in [0.05, 0.1) is 0 Å². The quantitative estimate of drug-likeness (QED) is 0.666. The van der Waals surface area contributed by atoms with Gasteiger partial charge < -0.3 is 0 Å². The monoisotopic (exact) mass is 325 g/mol. The topological polar surface area (TPSA) is 22.0 Å². The first kappa shape index (κ1) is 14.3. The second-order valence-electron chi connectivity index (χ2n) is 3.85. The van der Waals surface area contributed by atoms with Crippen LogP contribution in [0.5, 0.6) is 0 Å². The van der Waals surface area contributed by atoms with Crippen molar-refractivity contribution in [2.24, 2.45) is 0 Å². The van der Waals surface area contributed by atoms with Crippen LogP contribution in [0.15, 0.2) is 9.27 Å². The van der Waals surface area contributed by atoms with Gasteiger partial charge in [-0.3, -0.25) is 8.75 Å². The highest BCUT2D eigenvalue weighted by atomic mass is 79.9. The number of unbranched alkanes of at least 4 members (excludes halogenated alkanes) is 5. The average molecular weight is 327 g/mol. The van der Waals surface area contributed by atoms with Gasteiger partial charge in [0.25, 0.3) is 5.56 Å². The molecule has 0 radical (unpaired) electrons.